The van der Waals surface area contributed by atoms with Crippen molar-refractivity contribution >= 4 is 15.9 Å². The van der Waals surface area contributed by atoms with Crippen molar-refractivity contribution in [3.63, 3.8) is 0 Å². The van der Waals surface area contributed by atoms with E-state index in [4.69, 9.17) is 0 Å². The summed E-state index contributed by atoms with van der Waals surface area (Å²) in [6, 6.07) is 13.2. The molecule has 3 aromatic rings. The van der Waals surface area contributed by atoms with E-state index in [1.807, 2.05) is 17.8 Å². The first-order chi connectivity index (χ1) is 12.4. The average molecular weight is 374 g/mol. The fourth-order valence-corrected chi connectivity index (χ4v) is 3.17. The van der Waals surface area contributed by atoms with Gasteiger partial charge in [-0.3, -0.25) is 10.2 Å². The van der Waals surface area contributed by atoms with E-state index in [9.17, 15) is 17.6 Å². The summed E-state index contributed by atoms with van der Waals surface area (Å²) in [4.78, 5) is 13.6. The van der Waals surface area contributed by atoms with Gasteiger partial charge in [-0.05, 0) is 43.3 Å². The zero-order chi connectivity index (χ0) is 18.7. The molecule has 1 amide bonds. The lowest BCUT2D eigenvalue weighted by molar-refractivity contribution is 0.0945. The number of sulfonamides is 1. The number of nitrogens with zero attached hydrogens (tertiary/aromatic N) is 2. The first-order valence-corrected chi connectivity index (χ1v) is 9.04. The van der Waals surface area contributed by atoms with Crippen molar-refractivity contribution in [3.8, 4) is 5.69 Å². The summed E-state index contributed by atoms with van der Waals surface area (Å²) in [5, 5.41) is 4.25. The van der Waals surface area contributed by atoms with Gasteiger partial charge in [0.25, 0.3) is 15.9 Å². The molecule has 0 aliphatic heterocycles. The molecular weight excluding hydrogens is 359 g/mol. The number of nitrogens with one attached hydrogen (secondary N) is 2. The van der Waals surface area contributed by atoms with Crippen LogP contribution in [-0.4, -0.2) is 24.1 Å². The summed E-state index contributed by atoms with van der Waals surface area (Å²) in [6.45, 7) is 1.84. The number of hydrogen-bond donors (Lipinski definition) is 2. The number of aromatic nitrogens is 2. The minimum absolute atomic E-state index is 0.215. The Balaban J connectivity index is 1.76. The Hall–Kier alpha value is -3.04. The summed E-state index contributed by atoms with van der Waals surface area (Å²) < 4.78 is 39.4. The number of hydrogen-bond acceptors (Lipinski definition) is 4. The number of amides is 1. The van der Waals surface area contributed by atoms with E-state index in [0.29, 0.717) is 5.69 Å². The lowest BCUT2D eigenvalue weighted by atomic mass is 10.2. The van der Waals surface area contributed by atoms with E-state index >= 15 is 0 Å². The first-order valence-electron chi connectivity index (χ1n) is 7.56. The predicted molar refractivity (Wildman–Crippen MR) is 92.5 cm³/mol. The van der Waals surface area contributed by atoms with E-state index < -0.39 is 26.6 Å². The van der Waals surface area contributed by atoms with Crippen molar-refractivity contribution < 1.29 is 17.6 Å². The van der Waals surface area contributed by atoms with Gasteiger partial charge < -0.3 is 0 Å². The zero-order valence-corrected chi connectivity index (χ0v) is 14.5. The van der Waals surface area contributed by atoms with Gasteiger partial charge in [0.2, 0.25) is 0 Å². The van der Waals surface area contributed by atoms with Gasteiger partial charge in [-0.1, -0.05) is 18.2 Å². The average Bonchev–Trinajstić information content (AvgIpc) is 3.06. The van der Waals surface area contributed by atoms with E-state index in [1.165, 1.54) is 18.2 Å². The number of rotatable bonds is 5. The Labute approximate surface area is 149 Å². The van der Waals surface area contributed by atoms with E-state index in [1.54, 1.807) is 29.1 Å². The molecule has 0 saturated carbocycles. The molecule has 0 bridgehead atoms. The lowest BCUT2D eigenvalue weighted by Crippen LogP contribution is -2.41. The fourth-order valence-electron chi connectivity index (χ4n) is 2.25. The van der Waals surface area contributed by atoms with Crippen LogP contribution in [0.25, 0.3) is 5.69 Å². The highest BCUT2D eigenvalue weighted by molar-refractivity contribution is 7.89. The lowest BCUT2D eigenvalue weighted by Gasteiger charge is -2.10. The third-order valence-corrected chi connectivity index (χ3v) is 4.80. The second-order valence-electron chi connectivity index (χ2n) is 5.44. The van der Waals surface area contributed by atoms with Crippen molar-refractivity contribution in [1.82, 2.24) is 20.0 Å². The molecule has 26 heavy (non-hydrogen) atoms. The second kappa shape index (κ2) is 7.06. The Kier molecular flexibility index (Phi) is 4.83. The van der Waals surface area contributed by atoms with Crippen LogP contribution in [0.1, 0.15) is 16.1 Å². The van der Waals surface area contributed by atoms with Crippen molar-refractivity contribution in [2.75, 3.05) is 0 Å². The molecule has 0 atom stereocenters. The molecule has 0 aliphatic rings. The number of benzene rings is 2. The molecule has 9 heteroatoms. The molecule has 0 spiro atoms. The van der Waals surface area contributed by atoms with Gasteiger partial charge in [0.1, 0.15) is 10.7 Å². The summed E-state index contributed by atoms with van der Waals surface area (Å²) in [5.74, 6) is -1.60. The monoisotopic (exact) mass is 374 g/mol. The molecular formula is C17H15FN4O3S. The largest absolute Gasteiger partial charge is 0.273 e. The van der Waals surface area contributed by atoms with Crippen LogP contribution in [0.4, 0.5) is 4.39 Å². The SMILES string of the molecule is Cc1ccn(-c2cccc(C(=O)NNS(=O)(=O)c3ccccc3F)c2)n1. The first kappa shape index (κ1) is 17.8. The summed E-state index contributed by atoms with van der Waals surface area (Å²) in [7, 11) is -4.23. The molecule has 0 saturated heterocycles. The quantitative estimate of drug-likeness (QED) is 0.668. The van der Waals surface area contributed by atoms with Gasteiger partial charge in [-0.25, -0.2) is 17.5 Å². The molecule has 1 heterocycles. The molecule has 2 aromatic carbocycles. The van der Waals surface area contributed by atoms with Crippen LogP contribution in [0.15, 0.2) is 65.7 Å². The standard InChI is InChI=1S/C17H15FN4O3S/c1-12-9-10-22(20-12)14-6-4-5-13(11-14)17(23)19-21-26(24,25)16-8-3-2-7-15(16)18/h2-11,21H,1H3,(H,19,23). The molecule has 0 aliphatic carbocycles. The van der Waals surface area contributed by atoms with Crippen molar-refractivity contribution in [2.45, 2.75) is 11.8 Å². The Morgan fingerprint density at radius 3 is 2.58 bits per heavy atom. The number of carbonyl (C=O) groups excluding carboxylic acids is 1. The maximum Gasteiger partial charge on any atom is 0.266 e. The maximum atomic E-state index is 13.6. The van der Waals surface area contributed by atoms with Crippen molar-refractivity contribution in [2.24, 2.45) is 0 Å². The summed E-state index contributed by atoms with van der Waals surface area (Å²) >= 11 is 0. The number of aryl methyl sites for hydroxylation is 1. The third-order valence-electron chi connectivity index (χ3n) is 3.52. The number of halogens is 1. The van der Waals surface area contributed by atoms with Crippen LogP contribution in [-0.2, 0) is 10.0 Å². The fraction of sp³-hybridized carbons (Fsp3) is 0.0588. The predicted octanol–water partition coefficient (Wildman–Crippen LogP) is 1.94. The Morgan fingerprint density at radius 2 is 1.88 bits per heavy atom. The van der Waals surface area contributed by atoms with E-state index in [-0.39, 0.29) is 5.56 Å². The molecule has 134 valence electrons. The van der Waals surface area contributed by atoms with Gasteiger partial charge in [-0.2, -0.15) is 5.10 Å². The Bertz CT molecular complexity index is 1060. The van der Waals surface area contributed by atoms with Crippen LogP contribution < -0.4 is 10.3 Å². The molecule has 0 fully saturated rings. The van der Waals surface area contributed by atoms with Gasteiger partial charge in [-0.15, -0.1) is 4.83 Å². The molecule has 0 radical (unpaired) electrons. The van der Waals surface area contributed by atoms with E-state index in [0.717, 1.165) is 17.8 Å². The highest BCUT2D eigenvalue weighted by Crippen LogP contribution is 2.13. The Morgan fingerprint density at radius 1 is 1.12 bits per heavy atom. The van der Waals surface area contributed by atoms with E-state index in [2.05, 4.69) is 10.5 Å². The second-order valence-corrected chi connectivity index (χ2v) is 7.09. The number of hydrazine groups is 1. The van der Waals surface area contributed by atoms with Crippen molar-refractivity contribution in [1.29, 1.82) is 0 Å². The molecule has 1 aromatic heterocycles. The molecule has 2 N–H and O–H groups in total. The highest BCUT2D eigenvalue weighted by atomic mass is 32.2. The summed E-state index contributed by atoms with van der Waals surface area (Å²) in [5.41, 5.74) is 3.75. The third kappa shape index (κ3) is 3.79. The van der Waals surface area contributed by atoms with Gasteiger partial charge in [0.05, 0.1) is 11.4 Å². The molecule has 0 unspecified atom stereocenters. The normalized spacial score (nSPS) is 11.3. The van der Waals surface area contributed by atoms with Crippen LogP contribution >= 0.6 is 0 Å². The maximum absolute atomic E-state index is 13.6. The van der Waals surface area contributed by atoms with Gasteiger partial charge in [0, 0.05) is 11.8 Å². The zero-order valence-electron chi connectivity index (χ0n) is 13.7. The van der Waals surface area contributed by atoms with Crippen molar-refractivity contribution in [3.05, 3.63) is 77.9 Å². The molecule has 7 nitrogen and oxygen atoms in total. The number of carbonyl (C=O) groups is 1. The van der Waals surface area contributed by atoms with Crippen LogP contribution in [0.2, 0.25) is 0 Å². The molecule has 3 rings (SSSR count). The summed E-state index contributed by atoms with van der Waals surface area (Å²) in [6.07, 6.45) is 1.74. The van der Waals surface area contributed by atoms with Gasteiger partial charge >= 0.3 is 0 Å². The van der Waals surface area contributed by atoms with Gasteiger partial charge in [0.15, 0.2) is 0 Å². The smallest absolute Gasteiger partial charge is 0.266 e. The van der Waals surface area contributed by atoms with Crippen LogP contribution in [0.3, 0.4) is 0 Å². The minimum atomic E-state index is -4.23. The topological polar surface area (TPSA) is 93.1 Å². The highest BCUT2D eigenvalue weighted by Gasteiger charge is 2.19. The van der Waals surface area contributed by atoms with Crippen LogP contribution in [0, 0.1) is 12.7 Å². The minimum Gasteiger partial charge on any atom is -0.273 e. The van der Waals surface area contributed by atoms with Crippen LogP contribution in [0.5, 0.6) is 0 Å².